The second kappa shape index (κ2) is 6.42. The van der Waals surface area contributed by atoms with E-state index in [1.165, 1.54) is 10.4 Å². The number of sulfonamides is 1. The molecule has 0 N–H and O–H groups in total. The highest BCUT2D eigenvalue weighted by Crippen LogP contribution is 2.28. The predicted molar refractivity (Wildman–Crippen MR) is 86.6 cm³/mol. The van der Waals surface area contributed by atoms with Gasteiger partial charge in [0.25, 0.3) is 0 Å². The van der Waals surface area contributed by atoms with Crippen LogP contribution in [0.15, 0.2) is 17.0 Å². The topological polar surface area (TPSA) is 40.6 Å². The summed E-state index contributed by atoms with van der Waals surface area (Å²) in [5.41, 5.74) is 1.44. The monoisotopic (exact) mass is 350 g/mol. The van der Waals surface area contributed by atoms with Crippen LogP contribution in [0.5, 0.6) is 0 Å². The van der Waals surface area contributed by atoms with Gasteiger partial charge in [-0.15, -0.1) is 11.6 Å². The Morgan fingerprint density at radius 3 is 2.57 bits per heavy atom. The highest BCUT2D eigenvalue weighted by Gasteiger charge is 2.32. The van der Waals surface area contributed by atoms with Crippen LogP contribution in [0.25, 0.3) is 0 Å². The first-order valence-electron chi connectivity index (χ1n) is 6.82. The molecule has 0 aliphatic carbocycles. The van der Waals surface area contributed by atoms with Crippen LogP contribution in [0.2, 0.25) is 5.02 Å². The molecule has 1 fully saturated rings. The summed E-state index contributed by atoms with van der Waals surface area (Å²) in [6.07, 6.45) is 0. The van der Waals surface area contributed by atoms with E-state index in [1.54, 1.807) is 13.0 Å². The number of rotatable bonds is 3. The highest BCUT2D eigenvalue weighted by atomic mass is 35.5. The van der Waals surface area contributed by atoms with Crippen molar-refractivity contribution in [3.63, 3.8) is 0 Å². The van der Waals surface area contributed by atoms with Gasteiger partial charge < -0.3 is 4.90 Å². The zero-order chi connectivity index (χ0) is 15.8. The van der Waals surface area contributed by atoms with E-state index in [4.69, 9.17) is 23.2 Å². The molecule has 1 atom stereocenters. The Kier molecular flexibility index (Phi) is 5.21. The molecule has 1 aromatic rings. The van der Waals surface area contributed by atoms with Crippen molar-refractivity contribution in [1.29, 1.82) is 0 Å². The SMILES string of the molecule is Cc1c(CCl)cc(Cl)cc1S(=O)(=O)N1CCN(C)C(C)C1. The smallest absolute Gasteiger partial charge is 0.243 e. The van der Waals surface area contributed by atoms with Gasteiger partial charge in [0.05, 0.1) is 4.90 Å². The summed E-state index contributed by atoms with van der Waals surface area (Å²) in [6.45, 7) is 5.51. The van der Waals surface area contributed by atoms with Crippen LogP contribution in [0.1, 0.15) is 18.1 Å². The highest BCUT2D eigenvalue weighted by molar-refractivity contribution is 7.89. The van der Waals surface area contributed by atoms with Crippen LogP contribution in [-0.4, -0.2) is 50.3 Å². The molecule has 1 aliphatic rings. The van der Waals surface area contributed by atoms with Crippen LogP contribution in [-0.2, 0) is 15.9 Å². The molecule has 1 heterocycles. The van der Waals surface area contributed by atoms with E-state index >= 15 is 0 Å². The van der Waals surface area contributed by atoms with Gasteiger partial charge in [-0.2, -0.15) is 4.31 Å². The van der Waals surface area contributed by atoms with Crippen molar-refractivity contribution in [2.24, 2.45) is 0 Å². The summed E-state index contributed by atoms with van der Waals surface area (Å²) in [6, 6.07) is 3.43. The van der Waals surface area contributed by atoms with E-state index in [-0.39, 0.29) is 16.8 Å². The molecule has 0 amide bonds. The number of alkyl halides is 1. The Morgan fingerprint density at radius 1 is 1.33 bits per heavy atom. The quantitative estimate of drug-likeness (QED) is 0.787. The molecule has 21 heavy (non-hydrogen) atoms. The molecule has 0 aromatic heterocycles. The van der Waals surface area contributed by atoms with Crippen molar-refractivity contribution >= 4 is 33.2 Å². The summed E-state index contributed by atoms with van der Waals surface area (Å²) >= 11 is 11.9. The molecule has 0 bridgehead atoms. The van der Waals surface area contributed by atoms with E-state index in [0.29, 0.717) is 23.7 Å². The second-order valence-corrected chi connectivity index (χ2v) is 8.12. The maximum atomic E-state index is 12.9. The maximum absolute atomic E-state index is 12.9. The summed E-state index contributed by atoms with van der Waals surface area (Å²) in [5, 5.41) is 0.400. The number of hydrogen-bond acceptors (Lipinski definition) is 3. The van der Waals surface area contributed by atoms with Gasteiger partial charge in [-0.25, -0.2) is 8.42 Å². The zero-order valence-electron chi connectivity index (χ0n) is 12.4. The fourth-order valence-corrected chi connectivity index (χ4v) is 4.88. The summed E-state index contributed by atoms with van der Waals surface area (Å²) in [5.74, 6) is 0.244. The summed E-state index contributed by atoms with van der Waals surface area (Å²) in [4.78, 5) is 2.42. The lowest BCUT2D eigenvalue weighted by Crippen LogP contribution is -2.51. The maximum Gasteiger partial charge on any atom is 0.243 e. The number of hydrogen-bond donors (Lipinski definition) is 0. The summed E-state index contributed by atoms with van der Waals surface area (Å²) in [7, 11) is -1.54. The third kappa shape index (κ3) is 3.37. The number of benzene rings is 1. The Hall–Kier alpha value is -0.330. The van der Waals surface area contributed by atoms with Crippen LogP contribution >= 0.6 is 23.2 Å². The lowest BCUT2D eigenvalue weighted by Gasteiger charge is -2.37. The predicted octanol–water partition coefficient (Wildman–Crippen LogP) is 2.71. The molecule has 7 heteroatoms. The van der Waals surface area contributed by atoms with E-state index in [2.05, 4.69) is 4.90 Å². The Labute approximate surface area is 136 Å². The number of halogens is 2. The standard InChI is InChI=1S/C14H20Cl2N2O2S/c1-10-9-18(5-4-17(10)3)21(19,20)14-7-13(16)6-12(8-15)11(14)2/h6-7,10H,4-5,8-9H2,1-3H3. The van der Waals surface area contributed by atoms with Crippen LogP contribution in [0, 0.1) is 6.92 Å². The van der Waals surface area contributed by atoms with E-state index in [0.717, 1.165) is 12.1 Å². The van der Waals surface area contributed by atoms with Crippen LogP contribution < -0.4 is 0 Å². The molecule has 1 aromatic carbocycles. The molecular formula is C14H20Cl2N2O2S. The van der Waals surface area contributed by atoms with Gasteiger partial charge in [0.15, 0.2) is 0 Å². The molecule has 118 valence electrons. The molecular weight excluding hydrogens is 331 g/mol. The number of likely N-dealkylation sites (N-methyl/N-ethyl adjacent to an activating group) is 1. The molecule has 0 radical (unpaired) electrons. The first kappa shape index (κ1) is 17.0. The van der Waals surface area contributed by atoms with Crippen molar-refractivity contribution < 1.29 is 8.42 Å². The molecule has 1 aliphatic heterocycles. The Morgan fingerprint density at radius 2 is 2.00 bits per heavy atom. The summed E-state index contributed by atoms with van der Waals surface area (Å²) < 4.78 is 27.3. The van der Waals surface area contributed by atoms with Gasteiger partial charge in [0.2, 0.25) is 10.0 Å². The fraction of sp³-hybridized carbons (Fsp3) is 0.571. The lowest BCUT2D eigenvalue weighted by molar-refractivity contribution is 0.159. The first-order valence-corrected chi connectivity index (χ1v) is 9.18. The van der Waals surface area contributed by atoms with Crippen molar-refractivity contribution in [3.05, 3.63) is 28.3 Å². The lowest BCUT2D eigenvalue weighted by atomic mass is 10.1. The molecule has 1 unspecified atom stereocenters. The average Bonchev–Trinajstić information content (AvgIpc) is 2.43. The third-order valence-corrected chi connectivity index (χ3v) is 6.61. The zero-order valence-corrected chi connectivity index (χ0v) is 14.8. The van der Waals surface area contributed by atoms with Crippen LogP contribution in [0.4, 0.5) is 0 Å². The minimum absolute atomic E-state index is 0.195. The van der Waals surface area contributed by atoms with Crippen molar-refractivity contribution in [1.82, 2.24) is 9.21 Å². The largest absolute Gasteiger partial charge is 0.301 e. The minimum atomic E-state index is -3.54. The normalized spacial score (nSPS) is 21.7. The van der Waals surface area contributed by atoms with E-state index in [1.807, 2.05) is 14.0 Å². The first-order chi connectivity index (χ1) is 9.77. The van der Waals surface area contributed by atoms with Gasteiger partial charge in [0.1, 0.15) is 0 Å². The van der Waals surface area contributed by atoms with Gasteiger partial charge in [-0.1, -0.05) is 11.6 Å². The molecule has 1 saturated heterocycles. The second-order valence-electron chi connectivity index (χ2n) is 5.51. The Bertz CT molecular complexity index is 634. The molecule has 0 spiro atoms. The number of piperazine rings is 1. The van der Waals surface area contributed by atoms with Crippen molar-refractivity contribution in [2.75, 3.05) is 26.7 Å². The van der Waals surface area contributed by atoms with Gasteiger partial charge in [0, 0.05) is 36.6 Å². The van der Waals surface area contributed by atoms with Crippen molar-refractivity contribution in [3.8, 4) is 0 Å². The minimum Gasteiger partial charge on any atom is -0.301 e. The number of nitrogens with zero attached hydrogens (tertiary/aromatic N) is 2. The van der Waals surface area contributed by atoms with E-state index < -0.39 is 10.0 Å². The van der Waals surface area contributed by atoms with Crippen molar-refractivity contribution in [2.45, 2.75) is 30.7 Å². The van der Waals surface area contributed by atoms with Gasteiger partial charge in [-0.05, 0) is 44.2 Å². The van der Waals surface area contributed by atoms with Crippen LogP contribution in [0.3, 0.4) is 0 Å². The molecule has 0 saturated carbocycles. The third-order valence-electron chi connectivity index (χ3n) is 4.12. The molecule has 4 nitrogen and oxygen atoms in total. The van der Waals surface area contributed by atoms with Gasteiger partial charge in [-0.3, -0.25) is 0 Å². The molecule has 2 rings (SSSR count). The van der Waals surface area contributed by atoms with Gasteiger partial charge >= 0.3 is 0 Å². The average molecular weight is 351 g/mol. The fourth-order valence-electron chi connectivity index (χ4n) is 2.49. The van der Waals surface area contributed by atoms with E-state index in [9.17, 15) is 8.42 Å². The Balaban J connectivity index is 2.43.